The Morgan fingerprint density at radius 1 is 1.23 bits per heavy atom. The summed E-state index contributed by atoms with van der Waals surface area (Å²) in [6.45, 7) is 1.11. The average Bonchev–Trinajstić information content (AvgIpc) is 2.20. The maximum atomic E-state index is 9.09. The minimum atomic E-state index is 0.315. The third-order valence-electron chi connectivity index (χ3n) is 4.42. The van der Waals surface area contributed by atoms with Crippen LogP contribution in [0.15, 0.2) is 0 Å². The van der Waals surface area contributed by atoms with E-state index in [-0.39, 0.29) is 0 Å². The van der Waals surface area contributed by atoms with Gasteiger partial charge in [0.05, 0.1) is 0 Å². The van der Waals surface area contributed by atoms with Crippen LogP contribution in [0.3, 0.4) is 0 Å². The van der Waals surface area contributed by atoms with Crippen LogP contribution in [0.2, 0.25) is 0 Å². The highest BCUT2D eigenvalue weighted by Crippen LogP contribution is 2.53. The van der Waals surface area contributed by atoms with Crippen molar-refractivity contribution in [1.82, 2.24) is 0 Å². The second-order valence-electron chi connectivity index (χ2n) is 4.96. The standard InChI is InChI=1S/C11H21NO/c12-8-11(5-6-13)7-9-1-3-10(11)4-2-9/h9-10,13H,1-8,12H2. The number of aliphatic hydroxyl groups is 1. The smallest absolute Gasteiger partial charge is 0.0436 e. The van der Waals surface area contributed by atoms with E-state index < -0.39 is 0 Å². The highest BCUT2D eigenvalue weighted by Gasteiger charge is 2.45. The summed E-state index contributed by atoms with van der Waals surface area (Å²) in [5, 5.41) is 9.09. The van der Waals surface area contributed by atoms with E-state index >= 15 is 0 Å². The van der Waals surface area contributed by atoms with Crippen molar-refractivity contribution in [1.29, 1.82) is 0 Å². The molecule has 13 heavy (non-hydrogen) atoms. The van der Waals surface area contributed by atoms with E-state index in [1.54, 1.807) is 0 Å². The van der Waals surface area contributed by atoms with E-state index in [2.05, 4.69) is 0 Å². The van der Waals surface area contributed by atoms with Crippen molar-refractivity contribution in [3.63, 3.8) is 0 Å². The van der Waals surface area contributed by atoms with Crippen molar-refractivity contribution < 1.29 is 5.11 Å². The fourth-order valence-corrected chi connectivity index (χ4v) is 3.60. The predicted octanol–water partition coefficient (Wildman–Crippen LogP) is 1.52. The largest absolute Gasteiger partial charge is 0.396 e. The number of aliphatic hydroxyl groups excluding tert-OH is 1. The summed E-state index contributed by atoms with van der Waals surface area (Å²) in [6, 6.07) is 0. The van der Waals surface area contributed by atoms with Crippen LogP contribution in [0.5, 0.6) is 0 Å². The van der Waals surface area contributed by atoms with Crippen LogP contribution in [-0.4, -0.2) is 18.3 Å². The molecule has 0 aromatic heterocycles. The van der Waals surface area contributed by atoms with E-state index in [1.165, 1.54) is 32.1 Å². The summed E-state index contributed by atoms with van der Waals surface area (Å²) in [4.78, 5) is 0. The first-order valence-electron chi connectivity index (χ1n) is 5.62. The first-order valence-corrected chi connectivity index (χ1v) is 5.62. The summed E-state index contributed by atoms with van der Waals surface area (Å²) < 4.78 is 0. The van der Waals surface area contributed by atoms with Gasteiger partial charge in [0.15, 0.2) is 0 Å². The second-order valence-corrected chi connectivity index (χ2v) is 4.96. The molecule has 1 atom stereocenters. The van der Waals surface area contributed by atoms with Gasteiger partial charge in [-0.2, -0.15) is 0 Å². The Hall–Kier alpha value is -0.0800. The van der Waals surface area contributed by atoms with Gasteiger partial charge in [0, 0.05) is 6.61 Å². The van der Waals surface area contributed by atoms with Crippen LogP contribution < -0.4 is 5.73 Å². The molecule has 3 rings (SSSR count). The molecular formula is C11H21NO. The molecule has 2 bridgehead atoms. The second kappa shape index (κ2) is 3.58. The van der Waals surface area contributed by atoms with Gasteiger partial charge in [-0.3, -0.25) is 0 Å². The molecule has 2 heteroatoms. The van der Waals surface area contributed by atoms with Gasteiger partial charge in [0.2, 0.25) is 0 Å². The first-order chi connectivity index (χ1) is 6.30. The third kappa shape index (κ3) is 1.50. The van der Waals surface area contributed by atoms with Crippen molar-refractivity contribution in [3.05, 3.63) is 0 Å². The molecule has 0 spiro atoms. The van der Waals surface area contributed by atoms with Gasteiger partial charge in [-0.15, -0.1) is 0 Å². The summed E-state index contributed by atoms with van der Waals surface area (Å²) >= 11 is 0. The zero-order chi connectivity index (χ0) is 9.31. The maximum Gasteiger partial charge on any atom is 0.0436 e. The molecule has 2 nitrogen and oxygen atoms in total. The van der Waals surface area contributed by atoms with Crippen LogP contribution >= 0.6 is 0 Å². The lowest BCUT2D eigenvalue weighted by Gasteiger charge is -2.51. The lowest BCUT2D eigenvalue weighted by atomic mass is 9.55. The van der Waals surface area contributed by atoms with E-state index in [9.17, 15) is 0 Å². The molecule has 0 aromatic rings. The van der Waals surface area contributed by atoms with Gasteiger partial charge in [-0.1, -0.05) is 12.8 Å². The normalized spacial score (nSPS) is 43.8. The lowest BCUT2D eigenvalue weighted by Crippen LogP contribution is -2.47. The van der Waals surface area contributed by atoms with Gasteiger partial charge < -0.3 is 10.8 Å². The number of hydrogen-bond donors (Lipinski definition) is 2. The van der Waals surface area contributed by atoms with Crippen LogP contribution in [-0.2, 0) is 0 Å². The molecule has 3 aliphatic carbocycles. The quantitative estimate of drug-likeness (QED) is 0.697. The fraction of sp³-hybridized carbons (Fsp3) is 1.00. The van der Waals surface area contributed by atoms with Gasteiger partial charge in [-0.05, 0) is 49.5 Å². The average molecular weight is 183 g/mol. The van der Waals surface area contributed by atoms with E-state index in [0.29, 0.717) is 12.0 Å². The lowest BCUT2D eigenvalue weighted by molar-refractivity contribution is -0.0100. The van der Waals surface area contributed by atoms with E-state index in [4.69, 9.17) is 10.8 Å². The zero-order valence-corrected chi connectivity index (χ0v) is 8.34. The molecule has 76 valence electrons. The molecule has 3 aliphatic rings. The third-order valence-corrected chi connectivity index (χ3v) is 4.42. The fourth-order valence-electron chi connectivity index (χ4n) is 3.60. The molecule has 3 fully saturated rings. The van der Waals surface area contributed by atoms with Gasteiger partial charge in [0.1, 0.15) is 0 Å². The van der Waals surface area contributed by atoms with Crippen LogP contribution in [0.1, 0.15) is 38.5 Å². The Balaban J connectivity index is 2.10. The molecule has 3 saturated carbocycles. The molecule has 0 radical (unpaired) electrons. The van der Waals surface area contributed by atoms with Crippen LogP contribution in [0, 0.1) is 17.3 Å². The van der Waals surface area contributed by atoms with E-state index in [1.807, 2.05) is 0 Å². The molecule has 1 unspecified atom stereocenters. The summed E-state index contributed by atoms with van der Waals surface area (Å²) in [6.07, 6.45) is 7.78. The van der Waals surface area contributed by atoms with Crippen LogP contribution in [0.4, 0.5) is 0 Å². The van der Waals surface area contributed by atoms with Crippen molar-refractivity contribution in [2.24, 2.45) is 23.0 Å². The minimum absolute atomic E-state index is 0.315. The molecule has 0 amide bonds. The SMILES string of the molecule is NCC1(CCO)CC2CCC1CC2. The Morgan fingerprint density at radius 3 is 2.31 bits per heavy atom. The zero-order valence-electron chi connectivity index (χ0n) is 8.34. The number of nitrogens with two attached hydrogens (primary N) is 1. The number of fused-ring (bicyclic) bond motifs is 3. The van der Waals surface area contributed by atoms with Gasteiger partial charge >= 0.3 is 0 Å². The van der Waals surface area contributed by atoms with E-state index in [0.717, 1.165) is 24.8 Å². The minimum Gasteiger partial charge on any atom is -0.396 e. The molecule has 0 aromatic carbocycles. The number of rotatable bonds is 3. The Morgan fingerprint density at radius 2 is 1.92 bits per heavy atom. The highest BCUT2D eigenvalue weighted by atomic mass is 16.3. The summed E-state index contributed by atoms with van der Waals surface area (Å²) in [5.74, 6) is 1.73. The van der Waals surface area contributed by atoms with Crippen LogP contribution in [0.25, 0.3) is 0 Å². The highest BCUT2D eigenvalue weighted by molar-refractivity contribution is 4.97. The molecular weight excluding hydrogens is 162 g/mol. The summed E-state index contributed by atoms with van der Waals surface area (Å²) in [7, 11) is 0. The number of hydrogen-bond acceptors (Lipinski definition) is 2. The summed E-state index contributed by atoms with van der Waals surface area (Å²) in [5.41, 5.74) is 6.22. The maximum absolute atomic E-state index is 9.09. The molecule has 3 N–H and O–H groups in total. The van der Waals surface area contributed by atoms with Crippen molar-refractivity contribution in [2.75, 3.05) is 13.2 Å². The first kappa shape index (κ1) is 9.47. The van der Waals surface area contributed by atoms with Crippen molar-refractivity contribution in [2.45, 2.75) is 38.5 Å². The van der Waals surface area contributed by atoms with Crippen molar-refractivity contribution >= 4 is 0 Å². The Kier molecular flexibility index (Phi) is 2.61. The predicted molar refractivity (Wildman–Crippen MR) is 53.3 cm³/mol. The Labute approximate surface area is 80.5 Å². The van der Waals surface area contributed by atoms with Gasteiger partial charge in [-0.25, -0.2) is 0 Å². The Bertz CT molecular complexity index is 175. The monoisotopic (exact) mass is 183 g/mol. The molecule has 0 heterocycles. The molecule has 0 aliphatic heterocycles. The molecule has 0 saturated heterocycles. The topological polar surface area (TPSA) is 46.2 Å². The van der Waals surface area contributed by atoms with Crippen molar-refractivity contribution in [3.8, 4) is 0 Å². The van der Waals surface area contributed by atoms with Gasteiger partial charge in [0.25, 0.3) is 0 Å².